The van der Waals surface area contributed by atoms with Crippen LogP contribution in [-0.4, -0.2) is 30.2 Å². The van der Waals surface area contributed by atoms with Gasteiger partial charge in [-0.05, 0) is 60.4 Å². The Morgan fingerprint density at radius 2 is 2.23 bits per heavy atom. The van der Waals surface area contributed by atoms with Crippen LogP contribution in [0.3, 0.4) is 0 Å². The number of thiophene rings is 1. The topological polar surface area (TPSA) is 56.7 Å². The third-order valence-corrected chi connectivity index (χ3v) is 5.34. The number of nitrogens with zero attached hydrogens (tertiary/aromatic N) is 1. The smallest absolute Gasteiger partial charge is 0.191 e. The molecular weight excluding hydrogens is 481 g/mol. The fraction of sp³-hybridized carbons (Fsp3) is 0.421. The molecule has 3 rings (SSSR count). The third-order valence-electron chi connectivity index (χ3n) is 4.42. The van der Waals surface area contributed by atoms with Crippen molar-refractivity contribution in [2.75, 3.05) is 13.1 Å². The Balaban J connectivity index is 0.00000243. The van der Waals surface area contributed by atoms with Crippen molar-refractivity contribution in [3.63, 3.8) is 0 Å². The first kappa shape index (κ1) is 21.5. The van der Waals surface area contributed by atoms with Crippen molar-refractivity contribution in [3.8, 4) is 0 Å². The molecule has 0 saturated heterocycles. The maximum absolute atomic E-state index is 10.6. The van der Waals surface area contributed by atoms with Crippen molar-refractivity contribution in [3.05, 3.63) is 57.2 Å². The predicted molar refractivity (Wildman–Crippen MR) is 121 cm³/mol. The molecule has 0 aliphatic heterocycles. The number of hydrogen-bond donors (Lipinski definition) is 3. The Morgan fingerprint density at radius 1 is 1.42 bits per heavy atom. The molecule has 1 aromatic carbocycles. The number of rotatable bonds is 6. The summed E-state index contributed by atoms with van der Waals surface area (Å²) in [5, 5.41) is 22.1. The molecule has 1 aliphatic rings. The van der Waals surface area contributed by atoms with E-state index in [9.17, 15) is 5.11 Å². The molecular formula is C19H25ClIN3OS. The van der Waals surface area contributed by atoms with E-state index in [0.29, 0.717) is 18.5 Å². The molecule has 3 atom stereocenters. The van der Waals surface area contributed by atoms with Gasteiger partial charge in [0.15, 0.2) is 5.96 Å². The summed E-state index contributed by atoms with van der Waals surface area (Å²) >= 11 is 7.67. The highest BCUT2D eigenvalue weighted by Gasteiger charge is 2.39. The van der Waals surface area contributed by atoms with Crippen LogP contribution in [-0.2, 0) is 5.60 Å². The minimum atomic E-state index is -0.960. The van der Waals surface area contributed by atoms with Gasteiger partial charge in [0.05, 0.1) is 6.54 Å². The molecule has 0 radical (unpaired) electrons. The van der Waals surface area contributed by atoms with Gasteiger partial charge in [0.2, 0.25) is 0 Å². The third kappa shape index (κ3) is 5.58. The Labute approximate surface area is 181 Å². The van der Waals surface area contributed by atoms with E-state index < -0.39 is 5.60 Å². The van der Waals surface area contributed by atoms with E-state index in [1.807, 2.05) is 41.9 Å². The lowest BCUT2D eigenvalue weighted by atomic mass is 10.00. The van der Waals surface area contributed by atoms with Crippen molar-refractivity contribution in [2.45, 2.75) is 37.8 Å². The standard InChI is InChI=1S/C19H24ClN3OS.HI/c1-3-21-18(22-12-19(2,24)14-7-8-25-11-14)23-17-10-16(17)13-5-4-6-15(20)9-13;/h4-9,11,16-17,24H,3,10,12H2,1-2H3,(H2,21,22,23);1H. The Kier molecular flexibility index (Phi) is 7.76. The number of aliphatic imine (C=N–C) groups is 1. The van der Waals surface area contributed by atoms with Crippen LogP contribution in [0.15, 0.2) is 46.1 Å². The van der Waals surface area contributed by atoms with E-state index in [1.165, 1.54) is 5.56 Å². The SMILES string of the molecule is CCNC(=NCC(C)(O)c1ccsc1)NC1CC1c1cccc(Cl)c1.I. The molecule has 0 bridgehead atoms. The number of benzene rings is 1. The molecule has 2 aromatic rings. The van der Waals surface area contributed by atoms with Crippen LogP contribution in [0.4, 0.5) is 0 Å². The van der Waals surface area contributed by atoms with Gasteiger partial charge in [-0.25, -0.2) is 4.99 Å². The van der Waals surface area contributed by atoms with Crippen molar-refractivity contribution < 1.29 is 5.11 Å². The van der Waals surface area contributed by atoms with Crippen LogP contribution in [0.2, 0.25) is 5.02 Å². The van der Waals surface area contributed by atoms with E-state index in [4.69, 9.17) is 11.6 Å². The zero-order valence-corrected chi connectivity index (χ0v) is 18.8. The average Bonchev–Trinajstić information content (AvgIpc) is 3.10. The Bertz CT molecular complexity index is 736. The fourth-order valence-corrected chi connectivity index (χ4v) is 3.83. The first-order valence-corrected chi connectivity index (χ1v) is 9.87. The van der Waals surface area contributed by atoms with Gasteiger partial charge in [-0.15, -0.1) is 24.0 Å². The van der Waals surface area contributed by atoms with Gasteiger partial charge in [-0.1, -0.05) is 23.7 Å². The predicted octanol–water partition coefficient (Wildman–Crippen LogP) is 4.34. The van der Waals surface area contributed by atoms with E-state index in [-0.39, 0.29) is 24.0 Å². The van der Waals surface area contributed by atoms with Gasteiger partial charge in [0, 0.05) is 23.5 Å². The molecule has 1 aromatic heterocycles. The van der Waals surface area contributed by atoms with Crippen molar-refractivity contribution >= 4 is 52.9 Å². The lowest BCUT2D eigenvalue weighted by Gasteiger charge is -2.21. The van der Waals surface area contributed by atoms with E-state index in [0.717, 1.165) is 29.5 Å². The van der Waals surface area contributed by atoms with Gasteiger partial charge in [-0.2, -0.15) is 11.3 Å². The highest BCUT2D eigenvalue weighted by atomic mass is 127. The zero-order chi connectivity index (χ0) is 17.9. The number of halogens is 2. The van der Waals surface area contributed by atoms with Gasteiger partial charge >= 0.3 is 0 Å². The molecule has 26 heavy (non-hydrogen) atoms. The monoisotopic (exact) mass is 505 g/mol. The Morgan fingerprint density at radius 3 is 2.88 bits per heavy atom. The van der Waals surface area contributed by atoms with E-state index in [1.54, 1.807) is 18.3 Å². The summed E-state index contributed by atoms with van der Waals surface area (Å²) in [5.41, 5.74) is 1.20. The molecule has 3 N–H and O–H groups in total. The minimum Gasteiger partial charge on any atom is -0.383 e. The number of nitrogens with one attached hydrogen (secondary N) is 2. The summed E-state index contributed by atoms with van der Waals surface area (Å²) in [6, 6.07) is 10.3. The quantitative estimate of drug-likeness (QED) is 0.311. The summed E-state index contributed by atoms with van der Waals surface area (Å²) in [4.78, 5) is 4.59. The largest absolute Gasteiger partial charge is 0.383 e. The number of hydrogen-bond acceptors (Lipinski definition) is 3. The van der Waals surface area contributed by atoms with E-state index in [2.05, 4.69) is 21.7 Å². The van der Waals surface area contributed by atoms with Gasteiger partial charge in [0.25, 0.3) is 0 Å². The highest BCUT2D eigenvalue weighted by molar-refractivity contribution is 14.0. The van der Waals surface area contributed by atoms with Crippen LogP contribution in [0.1, 0.15) is 37.3 Å². The maximum Gasteiger partial charge on any atom is 0.191 e. The first-order chi connectivity index (χ1) is 12.0. The minimum absolute atomic E-state index is 0. The molecule has 1 heterocycles. The van der Waals surface area contributed by atoms with Crippen LogP contribution in [0.25, 0.3) is 0 Å². The van der Waals surface area contributed by atoms with Crippen LogP contribution in [0, 0.1) is 0 Å². The molecule has 1 fully saturated rings. The summed E-state index contributed by atoms with van der Waals surface area (Å²) in [6.45, 7) is 4.93. The lowest BCUT2D eigenvalue weighted by molar-refractivity contribution is 0.0677. The maximum atomic E-state index is 10.6. The van der Waals surface area contributed by atoms with Crippen molar-refractivity contribution in [1.29, 1.82) is 0 Å². The average molecular weight is 506 g/mol. The van der Waals surface area contributed by atoms with Crippen LogP contribution >= 0.6 is 46.9 Å². The Hall–Kier alpha value is -0.830. The number of aliphatic hydroxyl groups is 1. The molecule has 1 saturated carbocycles. The molecule has 3 unspecified atom stereocenters. The molecule has 7 heteroatoms. The van der Waals surface area contributed by atoms with Crippen molar-refractivity contribution in [1.82, 2.24) is 10.6 Å². The molecule has 0 spiro atoms. The number of guanidine groups is 1. The van der Waals surface area contributed by atoms with Crippen LogP contribution < -0.4 is 10.6 Å². The lowest BCUT2D eigenvalue weighted by Crippen LogP contribution is -2.40. The van der Waals surface area contributed by atoms with Gasteiger partial charge < -0.3 is 15.7 Å². The second-order valence-corrected chi connectivity index (χ2v) is 7.85. The van der Waals surface area contributed by atoms with Crippen molar-refractivity contribution in [2.24, 2.45) is 4.99 Å². The molecule has 1 aliphatic carbocycles. The molecule has 0 amide bonds. The zero-order valence-electron chi connectivity index (χ0n) is 14.9. The molecule has 4 nitrogen and oxygen atoms in total. The van der Waals surface area contributed by atoms with Gasteiger partial charge in [0.1, 0.15) is 5.60 Å². The normalized spacial score (nSPS) is 21.5. The second kappa shape index (κ2) is 9.39. The van der Waals surface area contributed by atoms with Crippen LogP contribution in [0.5, 0.6) is 0 Å². The summed E-state index contributed by atoms with van der Waals surface area (Å²) in [6.07, 6.45) is 1.06. The van der Waals surface area contributed by atoms with Gasteiger partial charge in [-0.3, -0.25) is 0 Å². The summed E-state index contributed by atoms with van der Waals surface area (Å²) in [7, 11) is 0. The second-order valence-electron chi connectivity index (χ2n) is 6.63. The summed E-state index contributed by atoms with van der Waals surface area (Å²) < 4.78 is 0. The highest BCUT2D eigenvalue weighted by Crippen LogP contribution is 2.41. The molecule has 142 valence electrons. The summed E-state index contributed by atoms with van der Waals surface area (Å²) in [5.74, 6) is 1.20. The first-order valence-electron chi connectivity index (χ1n) is 8.55. The fourth-order valence-electron chi connectivity index (χ4n) is 2.85. The van der Waals surface area contributed by atoms with E-state index >= 15 is 0 Å².